The number of hydrogen-bond acceptors (Lipinski definition) is 3. The quantitative estimate of drug-likeness (QED) is 0.131. The first-order chi connectivity index (χ1) is 27.3. The highest BCUT2D eigenvalue weighted by Crippen LogP contribution is 2.47. The summed E-state index contributed by atoms with van der Waals surface area (Å²) in [6.45, 7) is 13.7. The molecule has 1 aliphatic heterocycles. The van der Waals surface area contributed by atoms with Crippen LogP contribution in [0.1, 0.15) is 76.5 Å². The minimum absolute atomic E-state index is 0.286. The summed E-state index contributed by atoms with van der Waals surface area (Å²) in [7, 11) is 0. The Balaban J connectivity index is 1.24. The Morgan fingerprint density at radius 1 is 0.786 bits per heavy atom. The molecule has 0 bridgehead atoms. The number of rotatable bonds is 10. The molecule has 0 saturated carbocycles. The molecule has 0 aliphatic carbocycles. The van der Waals surface area contributed by atoms with Gasteiger partial charge in [0.15, 0.2) is 23.8 Å². The number of para-hydroxylation sites is 1. The van der Waals surface area contributed by atoms with Gasteiger partial charge in [-0.25, -0.2) is 9.67 Å². The molecule has 9 rings (SSSR count). The number of benzene rings is 4. The van der Waals surface area contributed by atoms with Crippen LogP contribution in [0.4, 0.5) is 0 Å². The molecule has 8 aromatic rings. The summed E-state index contributed by atoms with van der Waals surface area (Å²) in [4.78, 5) is 5.25. The second kappa shape index (κ2) is 14.0. The maximum Gasteiger partial charge on any atom is 0.250 e. The minimum atomic E-state index is -0.405. The molecule has 0 fully saturated rings. The van der Waals surface area contributed by atoms with Crippen LogP contribution in [0, 0.1) is 13.8 Å². The van der Waals surface area contributed by atoms with E-state index in [9.17, 15) is 0 Å². The molecule has 5 heterocycles. The van der Waals surface area contributed by atoms with Crippen LogP contribution in [0.15, 0.2) is 126 Å². The first-order valence-electron chi connectivity index (χ1n) is 20.4. The molecule has 280 valence electrons. The minimum Gasteiger partial charge on any atom is -0.455 e. The number of aryl methyl sites for hydroxylation is 3. The van der Waals surface area contributed by atoms with E-state index in [0.29, 0.717) is 0 Å². The van der Waals surface area contributed by atoms with E-state index in [1.807, 2.05) is 6.07 Å². The molecule has 0 spiro atoms. The van der Waals surface area contributed by atoms with Gasteiger partial charge in [-0.05, 0) is 74.1 Å². The second-order valence-electron chi connectivity index (χ2n) is 15.8. The highest BCUT2D eigenvalue weighted by molar-refractivity contribution is 6.11. The van der Waals surface area contributed by atoms with Gasteiger partial charge < -0.3 is 4.42 Å². The molecule has 0 amide bonds. The van der Waals surface area contributed by atoms with E-state index in [2.05, 4.69) is 177 Å². The van der Waals surface area contributed by atoms with Crippen molar-refractivity contribution in [3.8, 4) is 34.2 Å². The van der Waals surface area contributed by atoms with E-state index in [1.165, 1.54) is 32.8 Å². The van der Waals surface area contributed by atoms with Crippen molar-refractivity contribution in [2.75, 3.05) is 0 Å². The standard InChI is InChI=1S/C50H51N5O/c1-7-10-20-36-23-18-27-43-45(36)39-29-28-34(4)44(46(39)56-43)42-33-35(5)38-24-14-15-25-40(38)53(42)31-19-30-50(9-3)49(6,8-2)54-32-17-16-26-41(54)48-51-47(52-55(48)50)37-21-12-11-13-22-37/h11-19,21-29,31-33H,7-10,20,30H2,1-6H3/q+2. The van der Waals surface area contributed by atoms with Gasteiger partial charge in [0.2, 0.25) is 17.0 Å². The number of aromatic nitrogens is 5. The van der Waals surface area contributed by atoms with Crippen LogP contribution in [0.2, 0.25) is 0 Å². The van der Waals surface area contributed by atoms with Gasteiger partial charge in [-0.2, -0.15) is 9.13 Å². The average molecular weight is 738 g/mol. The number of fused-ring (bicyclic) bond motifs is 7. The molecule has 4 aromatic heterocycles. The number of hydrogen-bond donors (Lipinski definition) is 0. The van der Waals surface area contributed by atoms with Gasteiger partial charge in [-0.3, -0.25) is 0 Å². The highest BCUT2D eigenvalue weighted by atomic mass is 16.3. The average Bonchev–Trinajstić information content (AvgIpc) is 3.86. The molecule has 0 N–H and O–H groups in total. The van der Waals surface area contributed by atoms with Crippen molar-refractivity contribution < 1.29 is 13.6 Å². The van der Waals surface area contributed by atoms with Gasteiger partial charge in [0.05, 0.1) is 5.56 Å². The lowest BCUT2D eigenvalue weighted by Gasteiger charge is -2.46. The molecule has 6 nitrogen and oxygen atoms in total. The van der Waals surface area contributed by atoms with E-state index in [0.717, 1.165) is 89.4 Å². The Labute approximate surface area is 329 Å². The Kier molecular flexibility index (Phi) is 8.95. The van der Waals surface area contributed by atoms with Crippen LogP contribution in [-0.4, -0.2) is 14.8 Å². The molecule has 6 heteroatoms. The summed E-state index contributed by atoms with van der Waals surface area (Å²) in [6.07, 6.45) is 12.8. The maximum atomic E-state index is 6.87. The van der Waals surface area contributed by atoms with Crippen LogP contribution in [-0.2, 0) is 17.5 Å². The molecular formula is C50H51N5O+2. The van der Waals surface area contributed by atoms with Crippen LogP contribution in [0.5, 0.6) is 0 Å². The zero-order valence-corrected chi connectivity index (χ0v) is 33.5. The molecule has 0 radical (unpaired) electrons. The lowest BCUT2D eigenvalue weighted by atomic mass is 9.70. The molecule has 0 saturated heterocycles. The summed E-state index contributed by atoms with van der Waals surface area (Å²) in [5, 5.41) is 9.03. The van der Waals surface area contributed by atoms with Crippen LogP contribution in [0.3, 0.4) is 0 Å². The van der Waals surface area contributed by atoms with E-state index >= 15 is 0 Å². The Hall–Kier alpha value is -5.88. The SMILES string of the molecule is CCCCc1cccc2oc3c(-c4cc(C)c5ccccc5[n+]4C=CCC4(CC)n5nc(-c6ccccc6)nc5-c5cccc[n+]5C4(C)CC)c(C)ccc3c12. The van der Waals surface area contributed by atoms with E-state index in [1.54, 1.807) is 0 Å². The third kappa shape index (κ3) is 5.36. The molecule has 2 unspecified atom stereocenters. The Morgan fingerprint density at radius 2 is 1.59 bits per heavy atom. The van der Waals surface area contributed by atoms with E-state index in [-0.39, 0.29) is 5.54 Å². The Morgan fingerprint density at radius 3 is 2.39 bits per heavy atom. The van der Waals surface area contributed by atoms with Crippen molar-refractivity contribution in [2.24, 2.45) is 0 Å². The number of pyridine rings is 2. The zero-order chi connectivity index (χ0) is 38.6. The van der Waals surface area contributed by atoms with Crippen molar-refractivity contribution in [3.63, 3.8) is 0 Å². The third-order valence-electron chi connectivity index (χ3n) is 12.9. The third-order valence-corrected chi connectivity index (χ3v) is 12.9. The van der Waals surface area contributed by atoms with Gasteiger partial charge in [-0.1, -0.05) is 93.9 Å². The summed E-state index contributed by atoms with van der Waals surface area (Å²) in [5.74, 6) is 1.66. The largest absolute Gasteiger partial charge is 0.455 e. The van der Waals surface area contributed by atoms with Gasteiger partial charge in [0.1, 0.15) is 16.7 Å². The fourth-order valence-electron chi connectivity index (χ4n) is 9.64. The monoisotopic (exact) mass is 737 g/mol. The zero-order valence-electron chi connectivity index (χ0n) is 33.5. The lowest BCUT2D eigenvalue weighted by Crippen LogP contribution is -2.70. The molecular weight excluding hydrogens is 687 g/mol. The topological polar surface area (TPSA) is 51.6 Å². The first-order valence-corrected chi connectivity index (χ1v) is 20.4. The van der Waals surface area contributed by atoms with Crippen LogP contribution >= 0.6 is 0 Å². The summed E-state index contributed by atoms with van der Waals surface area (Å²) in [5.41, 5.74) is 10.5. The maximum absolute atomic E-state index is 6.87. The predicted octanol–water partition coefficient (Wildman–Crippen LogP) is 11.7. The molecule has 1 aliphatic rings. The van der Waals surface area contributed by atoms with E-state index < -0.39 is 5.54 Å². The number of unbranched alkanes of at least 4 members (excludes halogenated alkanes) is 1. The smallest absolute Gasteiger partial charge is 0.250 e. The Bertz CT molecular complexity index is 2790. The lowest BCUT2D eigenvalue weighted by molar-refractivity contribution is -0.770. The fourth-order valence-corrected chi connectivity index (χ4v) is 9.64. The van der Waals surface area contributed by atoms with E-state index in [4.69, 9.17) is 14.5 Å². The predicted molar refractivity (Wildman–Crippen MR) is 228 cm³/mol. The number of allylic oxidation sites excluding steroid dienone is 1. The van der Waals surface area contributed by atoms with Gasteiger partial charge in [0.25, 0.3) is 5.69 Å². The normalized spacial score (nSPS) is 18.0. The molecule has 2 atom stereocenters. The van der Waals surface area contributed by atoms with Crippen molar-refractivity contribution in [1.82, 2.24) is 14.8 Å². The molecule has 4 aromatic carbocycles. The summed E-state index contributed by atoms with van der Waals surface area (Å²) >= 11 is 0. The van der Waals surface area contributed by atoms with Crippen LogP contribution < -0.4 is 9.13 Å². The first kappa shape index (κ1) is 35.8. The van der Waals surface area contributed by atoms with Gasteiger partial charge in [-0.15, -0.1) is 5.10 Å². The second-order valence-corrected chi connectivity index (χ2v) is 15.8. The van der Waals surface area contributed by atoms with Crippen molar-refractivity contribution >= 4 is 39.0 Å². The van der Waals surface area contributed by atoms with Gasteiger partial charge >= 0.3 is 0 Å². The van der Waals surface area contributed by atoms with Crippen LogP contribution in [0.25, 0.3) is 73.2 Å². The van der Waals surface area contributed by atoms with Gasteiger partial charge in [0, 0.05) is 65.8 Å². The summed E-state index contributed by atoms with van der Waals surface area (Å²) in [6, 6.07) is 39.0. The van der Waals surface area contributed by atoms with Crippen molar-refractivity contribution in [3.05, 3.63) is 138 Å². The summed E-state index contributed by atoms with van der Waals surface area (Å²) < 4.78 is 14.0. The highest BCUT2D eigenvalue weighted by Gasteiger charge is 2.60. The van der Waals surface area contributed by atoms with Crippen molar-refractivity contribution in [2.45, 2.75) is 91.1 Å². The number of nitrogens with zero attached hydrogens (tertiary/aromatic N) is 5. The molecule has 56 heavy (non-hydrogen) atoms. The number of furan rings is 1. The fraction of sp³-hybridized carbons (Fsp3) is 0.280. The van der Waals surface area contributed by atoms with Crippen molar-refractivity contribution in [1.29, 1.82) is 0 Å².